The van der Waals surface area contributed by atoms with Gasteiger partial charge in [-0.05, 0) is 39.0 Å². The molecule has 128 valence electrons. The molecule has 23 heavy (non-hydrogen) atoms. The Morgan fingerprint density at radius 2 is 1.78 bits per heavy atom. The van der Waals surface area contributed by atoms with Crippen molar-refractivity contribution in [2.75, 3.05) is 24.2 Å². The highest BCUT2D eigenvalue weighted by Gasteiger charge is 2.37. The molecule has 1 atom stereocenters. The summed E-state index contributed by atoms with van der Waals surface area (Å²) in [4.78, 5) is 10.8. The highest BCUT2D eigenvalue weighted by molar-refractivity contribution is 7.88. The van der Waals surface area contributed by atoms with E-state index in [0.29, 0.717) is 0 Å². The zero-order valence-electron chi connectivity index (χ0n) is 14.0. The van der Waals surface area contributed by atoms with Crippen LogP contribution in [-0.2, 0) is 10.0 Å². The summed E-state index contributed by atoms with van der Waals surface area (Å²) >= 11 is 0. The summed E-state index contributed by atoms with van der Waals surface area (Å²) in [5.41, 5.74) is 0.961. The van der Waals surface area contributed by atoms with Crippen LogP contribution in [0.3, 0.4) is 0 Å². The Kier molecular flexibility index (Phi) is 4.87. The molecule has 0 radical (unpaired) electrons. The van der Waals surface area contributed by atoms with Crippen LogP contribution in [-0.4, -0.2) is 54.1 Å². The monoisotopic (exact) mass is 338 g/mol. The van der Waals surface area contributed by atoms with Gasteiger partial charge in [-0.25, -0.2) is 18.4 Å². The lowest BCUT2D eigenvalue weighted by molar-refractivity contribution is 0.164. The SMILES string of the molecule is Cc1cc(N2CCC[C@@H](N(C3CCC3)S(C)(=O)=O)CC2)ncn1. The Hall–Kier alpha value is -1.21. The molecule has 6 nitrogen and oxygen atoms in total. The van der Waals surface area contributed by atoms with Gasteiger partial charge in [0.2, 0.25) is 10.0 Å². The number of aromatic nitrogens is 2. The van der Waals surface area contributed by atoms with E-state index in [1.54, 1.807) is 6.33 Å². The van der Waals surface area contributed by atoms with Gasteiger partial charge < -0.3 is 4.90 Å². The number of anilines is 1. The van der Waals surface area contributed by atoms with Gasteiger partial charge in [-0.1, -0.05) is 6.42 Å². The van der Waals surface area contributed by atoms with Gasteiger partial charge in [-0.3, -0.25) is 0 Å². The summed E-state index contributed by atoms with van der Waals surface area (Å²) in [6.07, 6.45) is 8.93. The second-order valence-corrected chi connectivity index (χ2v) is 8.65. The average Bonchev–Trinajstić information content (AvgIpc) is 2.67. The van der Waals surface area contributed by atoms with Gasteiger partial charge in [0.1, 0.15) is 12.1 Å². The molecule has 0 N–H and O–H groups in total. The zero-order chi connectivity index (χ0) is 16.4. The van der Waals surface area contributed by atoms with Crippen molar-refractivity contribution in [1.29, 1.82) is 0 Å². The number of hydrogen-bond donors (Lipinski definition) is 0. The van der Waals surface area contributed by atoms with Crippen LogP contribution in [0.1, 0.15) is 44.2 Å². The lowest BCUT2D eigenvalue weighted by Gasteiger charge is -2.40. The fourth-order valence-corrected chi connectivity index (χ4v) is 5.16. The van der Waals surface area contributed by atoms with Crippen molar-refractivity contribution in [2.45, 2.75) is 57.5 Å². The Morgan fingerprint density at radius 1 is 1.09 bits per heavy atom. The first-order valence-corrected chi connectivity index (χ1v) is 10.3. The number of aryl methyl sites for hydroxylation is 1. The zero-order valence-corrected chi connectivity index (χ0v) is 14.8. The molecule has 2 heterocycles. The van der Waals surface area contributed by atoms with Crippen molar-refractivity contribution in [3.63, 3.8) is 0 Å². The van der Waals surface area contributed by atoms with Crippen LogP contribution in [0.25, 0.3) is 0 Å². The van der Waals surface area contributed by atoms with Crippen molar-refractivity contribution in [3.05, 3.63) is 18.1 Å². The molecule has 3 rings (SSSR count). The molecule has 0 spiro atoms. The van der Waals surface area contributed by atoms with Gasteiger partial charge in [-0.15, -0.1) is 0 Å². The summed E-state index contributed by atoms with van der Waals surface area (Å²) in [6, 6.07) is 2.35. The van der Waals surface area contributed by atoms with Crippen molar-refractivity contribution < 1.29 is 8.42 Å². The molecule has 1 saturated heterocycles. The minimum atomic E-state index is -3.14. The number of rotatable bonds is 4. The molecule has 7 heteroatoms. The lowest BCUT2D eigenvalue weighted by atomic mass is 9.91. The molecule has 1 aromatic heterocycles. The topological polar surface area (TPSA) is 66.4 Å². The first-order chi connectivity index (χ1) is 10.9. The summed E-state index contributed by atoms with van der Waals surface area (Å²) < 4.78 is 26.3. The van der Waals surface area contributed by atoms with Crippen molar-refractivity contribution in [2.24, 2.45) is 0 Å². The van der Waals surface area contributed by atoms with Crippen molar-refractivity contribution >= 4 is 15.8 Å². The quantitative estimate of drug-likeness (QED) is 0.839. The first kappa shape index (κ1) is 16.6. The van der Waals surface area contributed by atoms with Crippen LogP contribution in [0, 0.1) is 6.92 Å². The van der Waals surface area contributed by atoms with Gasteiger partial charge in [0, 0.05) is 36.9 Å². The van der Waals surface area contributed by atoms with E-state index in [1.165, 1.54) is 6.26 Å². The summed E-state index contributed by atoms with van der Waals surface area (Å²) in [7, 11) is -3.14. The molecule has 2 aliphatic rings. The van der Waals surface area contributed by atoms with Crippen LogP contribution in [0.2, 0.25) is 0 Å². The van der Waals surface area contributed by atoms with E-state index in [1.807, 2.05) is 17.3 Å². The smallest absolute Gasteiger partial charge is 0.211 e. The van der Waals surface area contributed by atoms with Crippen LogP contribution < -0.4 is 4.90 Å². The minimum absolute atomic E-state index is 0.128. The van der Waals surface area contributed by atoms with Crippen molar-refractivity contribution in [1.82, 2.24) is 14.3 Å². The second-order valence-electron chi connectivity index (χ2n) is 6.77. The minimum Gasteiger partial charge on any atom is -0.356 e. The van der Waals surface area contributed by atoms with E-state index < -0.39 is 10.0 Å². The van der Waals surface area contributed by atoms with Gasteiger partial charge in [0.05, 0.1) is 6.26 Å². The third kappa shape index (κ3) is 3.83. The van der Waals surface area contributed by atoms with Gasteiger partial charge in [-0.2, -0.15) is 4.31 Å². The third-order valence-corrected chi connectivity index (χ3v) is 6.35. The van der Waals surface area contributed by atoms with Crippen molar-refractivity contribution in [3.8, 4) is 0 Å². The van der Waals surface area contributed by atoms with E-state index in [-0.39, 0.29) is 12.1 Å². The summed E-state index contributed by atoms with van der Waals surface area (Å²) in [5.74, 6) is 0.952. The summed E-state index contributed by atoms with van der Waals surface area (Å²) in [5, 5.41) is 0. The fourth-order valence-electron chi connectivity index (χ4n) is 3.66. The molecule has 1 aromatic rings. The third-order valence-electron chi connectivity index (χ3n) is 4.99. The summed E-state index contributed by atoms with van der Waals surface area (Å²) in [6.45, 7) is 3.74. The lowest BCUT2D eigenvalue weighted by Crippen LogP contribution is -2.49. The van der Waals surface area contributed by atoms with Gasteiger partial charge >= 0.3 is 0 Å². The number of sulfonamides is 1. The molecule has 0 aromatic carbocycles. The van der Waals surface area contributed by atoms with Crippen LogP contribution >= 0.6 is 0 Å². The Labute approximate surface area is 139 Å². The molecule has 1 saturated carbocycles. The van der Waals surface area contributed by atoms with E-state index in [4.69, 9.17) is 0 Å². The first-order valence-electron chi connectivity index (χ1n) is 8.47. The second kappa shape index (κ2) is 6.73. The number of nitrogens with zero attached hydrogens (tertiary/aromatic N) is 4. The van der Waals surface area contributed by atoms with Crippen LogP contribution in [0.5, 0.6) is 0 Å². The molecular formula is C16H26N4O2S. The highest BCUT2D eigenvalue weighted by Crippen LogP contribution is 2.32. The molecule has 2 fully saturated rings. The van der Waals surface area contributed by atoms with Crippen LogP contribution in [0.4, 0.5) is 5.82 Å². The Bertz CT molecular complexity index is 645. The Morgan fingerprint density at radius 3 is 2.39 bits per heavy atom. The normalized spacial score (nSPS) is 23.6. The molecule has 0 amide bonds. The standard InChI is InChI=1S/C16H26N4O2S/c1-13-11-16(18-12-17-13)19-9-4-7-15(8-10-19)20(23(2,21)22)14-5-3-6-14/h11-12,14-15H,3-10H2,1-2H3/t15-/m1/s1. The van der Waals surface area contributed by atoms with E-state index in [9.17, 15) is 8.42 Å². The average molecular weight is 338 g/mol. The molecular weight excluding hydrogens is 312 g/mol. The fraction of sp³-hybridized carbons (Fsp3) is 0.750. The molecule has 0 bridgehead atoms. The highest BCUT2D eigenvalue weighted by atomic mass is 32.2. The van der Waals surface area contributed by atoms with Crippen LogP contribution in [0.15, 0.2) is 12.4 Å². The number of hydrogen-bond acceptors (Lipinski definition) is 5. The maximum atomic E-state index is 12.3. The predicted octanol–water partition coefficient (Wildman–Crippen LogP) is 1.96. The van der Waals surface area contributed by atoms with E-state index >= 15 is 0 Å². The Balaban J connectivity index is 1.72. The molecule has 0 unspecified atom stereocenters. The maximum absolute atomic E-state index is 12.3. The maximum Gasteiger partial charge on any atom is 0.211 e. The van der Waals surface area contributed by atoms with E-state index in [2.05, 4.69) is 14.9 Å². The van der Waals surface area contributed by atoms with E-state index in [0.717, 1.165) is 63.1 Å². The largest absolute Gasteiger partial charge is 0.356 e. The molecule has 1 aliphatic heterocycles. The molecule has 1 aliphatic carbocycles. The predicted molar refractivity (Wildman–Crippen MR) is 90.9 cm³/mol. The van der Waals surface area contributed by atoms with Gasteiger partial charge in [0.15, 0.2) is 0 Å². The van der Waals surface area contributed by atoms with Gasteiger partial charge in [0.25, 0.3) is 0 Å².